The first-order chi connectivity index (χ1) is 8.69. The monoisotopic (exact) mass is 247 g/mol. The van der Waals surface area contributed by atoms with Crippen molar-refractivity contribution >= 4 is 11.5 Å². The molecule has 1 fully saturated rings. The molecular weight excluding hydrogens is 222 g/mol. The van der Waals surface area contributed by atoms with Crippen LogP contribution in [0.25, 0.3) is 0 Å². The molecule has 1 aromatic heterocycles. The molecule has 0 unspecified atom stereocenters. The summed E-state index contributed by atoms with van der Waals surface area (Å²) in [6, 6.07) is 1.98. The number of nitrogens with one attached hydrogen (secondary N) is 1. The second kappa shape index (κ2) is 6.07. The molecule has 0 aliphatic heterocycles. The molecular formula is C15H25N3. The zero-order valence-corrected chi connectivity index (χ0v) is 11.6. The molecule has 18 heavy (non-hydrogen) atoms. The zero-order valence-electron chi connectivity index (χ0n) is 11.6. The first-order valence-electron chi connectivity index (χ1n) is 7.15. The Labute approximate surface area is 110 Å². The molecule has 1 aromatic rings. The van der Waals surface area contributed by atoms with Gasteiger partial charge in [0.1, 0.15) is 5.82 Å². The van der Waals surface area contributed by atoms with E-state index in [2.05, 4.69) is 24.1 Å². The Morgan fingerprint density at radius 2 is 1.94 bits per heavy atom. The molecule has 3 nitrogen and oxygen atoms in total. The van der Waals surface area contributed by atoms with E-state index in [1.807, 2.05) is 6.07 Å². The largest absolute Gasteiger partial charge is 0.397 e. The average molecular weight is 247 g/mol. The standard InChI is InChI=1S/C15H25N3/c1-3-12-4-6-13(7-5-12)9-17-15-11(2)8-14(16)10-18-15/h8,10,12-13H,3-7,9,16H2,1-2H3,(H,17,18). The Hall–Kier alpha value is -1.25. The lowest BCUT2D eigenvalue weighted by Gasteiger charge is -2.28. The molecule has 0 atom stereocenters. The van der Waals surface area contributed by atoms with Gasteiger partial charge < -0.3 is 11.1 Å². The Bertz CT molecular complexity index is 381. The van der Waals surface area contributed by atoms with Gasteiger partial charge in [-0.05, 0) is 43.2 Å². The van der Waals surface area contributed by atoms with Gasteiger partial charge in [-0.25, -0.2) is 4.98 Å². The van der Waals surface area contributed by atoms with Gasteiger partial charge in [0.2, 0.25) is 0 Å². The Balaban J connectivity index is 1.81. The third kappa shape index (κ3) is 3.37. The maximum atomic E-state index is 5.71. The third-order valence-corrected chi connectivity index (χ3v) is 4.20. The first-order valence-corrected chi connectivity index (χ1v) is 7.15. The van der Waals surface area contributed by atoms with Crippen molar-refractivity contribution in [3.8, 4) is 0 Å². The normalized spacial score (nSPS) is 23.9. The van der Waals surface area contributed by atoms with Crippen molar-refractivity contribution in [2.24, 2.45) is 11.8 Å². The van der Waals surface area contributed by atoms with Crippen molar-refractivity contribution in [1.29, 1.82) is 0 Å². The van der Waals surface area contributed by atoms with Crippen LogP contribution in [0.3, 0.4) is 0 Å². The maximum Gasteiger partial charge on any atom is 0.129 e. The van der Waals surface area contributed by atoms with Crippen molar-refractivity contribution in [2.75, 3.05) is 17.6 Å². The van der Waals surface area contributed by atoms with Gasteiger partial charge in [-0.3, -0.25) is 0 Å². The van der Waals surface area contributed by atoms with E-state index in [-0.39, 0.29) is 0 Å². The van der Waals surface area contributed by atoms with Crippen LogP contribution in [-0.2, 0) is 0 Å². The minimum absolute atomic E-state index is 0.738. The second-order valence-electron chi connectivity index (χ2n) is 5.61. The van der Waals surface area contributed by atoms with Crippen LogP contribution in [0.4, 0.5) is 11.5 Å². The third-order valence-electron chi connectivity index (χ3n) is 4.20. The lowest BCUT2D eigenvalue weighted by atomic mass is 9.81. The van der Waals surface area contributed by atoms with Gasteiger partial charge in [-0.1, -0.05) is 26.2 Å². The number of aromatic nitrogens is 1. The smallest absolute Gasteiger partial charge is 0.129 e. The second-order valence-corrected chi connectivity index (χ2v) is 5.61. The van der Waals surface area contributed by atoms with Gasteiger partial charge in [0.05, 0.1) is 11.9 Å². The predicted octanol–water partition coefficient (Wildman–Crippen LogP) is 3.60. The van der Waals surface area contributed by atoms with Crippen molar-refractivity contribution < 1.29 is 0 Å². The molecule has 1 heterocycles. The maximum absolute atomic E-state index is 5.71. The first kappa shape index (κ1) is 13.2. The minimum atomic E-state index is 0.738. The van der Waals surface area contributed by atoms with Crippen LogP contribution < -0.4 is 11.1 Å². The summed E-state index contributed by atoms with van der Waals surface area (Å²) in [5.41, 5.74) is 7.58. The zero-order chi connectivity index (χ0) is 13.0. The van der Waals surface area contributed by atoms with Crippen molar-refractivity contribution in [3.63, 3.8) is 0 Å². The van der Waals surface area contributed by atoms with E-state index in [1.54, 1.807) is 6.20 Å². The number of hydrogen-bond donors (Lipinski definition) is 2. The quantitative estimate of drug-likeness (QED) is 0.854. The summed E-state index contributed by atoms with van der Waals surface area (Å²) in [5, 5.41) is 3.48. The molecule has 0 saturated heterocycles. The number of pyridine rings is 1. The van der Waals surface area contributed by atoms with E-state index in [0.29, 0.717) is 0 Å². The molecule has 0 aromatic carbocycles. The molecule has 2 rings (SSSR count). The summed E-state index contributed by atoms with van der Waals surface area (Å²) in [4.78, 5) is 4.36. The fourth-order valence-corrected chi connectivity index (χ4v) is 2.87. The van der Waals surface area contributed by atoms with Gasteiger partial charge in [-0.2, -0.15) is 0 Å². The lowest BCUT2D eigenvalue weighted by molar-refractivity contribution is 0.278. The molecule has 0 spiro atoms. The lowest BCUT2D eigenvalue weighted by Crippen LogP contribution is -2.21. The van der Waals surface area contributed by atoms with E-state index in [9.17, 15) is 0 Å². The summed E-state index contributed by atoms with van der Waals surface area (Å²) in [7, 11) is 0. The molecule has 0 bridgehead atoms. The molecule has 1 aliphatic carbocycles. The summed E-state index contributed by atoms with van der Waals surface area (Å²) >= 11 is 0. The molecule has 1 saturated carbocycles. The fourth-order valence-electron chi connectivity index (χ4n) is 2.87. The number of nitrogen functional groups attached to an aromatic ring is 1. The average Bonchev–Trinajstić information content (AvgIpc) is 2.38. The highest BCUT2D eigenvalue weighted by molar-refractivity contribution is 5.50. The van der Waals surface area contributed by atoms with Gasteiger partial charge in [0.25, 0.3) is 0 Å². The highest BCUT2D eigenvalue weighted by atomic mass is 15.0. The molecule has 1 aliphatic rings. The Morgan fingerprint density at radius 3 is 2.56 bits per heavy atom. The number of nitrogens with zero attached hydrogens (tertiary/aromatic N) is 1. The molecule has 3 N–H and O–H groups in total. The summed E-state index contributed by atoms with van der Waals surface area (Å²) in [6.45, 7) is 5.42. The highest BCUT2D eigenvalue weighted by Gasteiger charge is 2.19. The number of nitrogens with two attached hydrogens (primary N) is 1. The van der Waals surface area contributed by atoms with Gasteiger partial charge in [0, 0.05) is 6.54 Å². The minimum Gasteiger partial charge on any atom is -0.397 e. The summed E-state index contributed by atoms with van der Waals surface area (Å²) < 4.78 is 0. The number of rotatable bonds is 4. The highest BCUT2D eigenvalue weighted by Crippen LogP contribution is 2.30. The van der Waals surface area contributed by atoms with Crippen LogP contribution in [-0.4, -0.2) is 11.5 Å². The van der Waals surface area contributed by atoms with Crippen molar-refractivity contribution in [3.05, 3.63) is 17.8 Å². The summed E-state index contributed by atoms with van der Waals surface area (Å²) in [6.07, 6.45) is 8.59. The summed E-state index contributed by atoms with van der Waals surface area (Å²) in [5.74, 6) is 2.77. The van der Waals surface area contributed by atoms with Crippen LogP contribution in [0, 0.1) is 18.8 Å². The SMILES string of the molecule is CCC1CCC(CNc2ncc(N)cc2C)CC1. The number of anilines is 2. The number of aryl methyl sites for hydroxylation is 1. The van der Waals surface area contributed by atoms with Crippen LogP contribution in [0.15, 0.2) is 12.3 Å². The van der Waals surface area contributed by atoms with E-state index in [4.69, 9.17) is 5.73 Å². The van der Waals surface area contributed by atoms with Crippen molar-refractivity contribution in [1.82, 2.24) is 4.98 Å². The van der Waals surface area contributed by atoms with Gasteiger partial charge in [0.15, 0.2) is 0 Å². The van der Waals surface area contributed by atoms with Crippen LogP contribution >= 0.6 is 0 Å². The van der Waals surface area contributed by atoms with Crippen LogP contribution in [0.2, 0.25) is 0 Å². The topological polar surface area (TPSA) is 50.9 Å². The van der Waals surface area contributed by atoms with Gasteiger partial charge >= 0.3 is 0 Å². The van der Waals surface area contributed by atoms with Crippen molar-refractivity contribution in [2.45, 2.75) is 46.0 Å². The van der Waals surface area contributed by atoms with E-state index >= 15 is 0 Å². The van der Waals surface area contributed by atoms with Gasteiger partial charge in [-0.15, -0.1) is 0 Å². The van der Waals surface area contributed by atoms with E-state index < -0.39 is 0 Å². The molecule has 0 radical (unpaired) electrons. The molecule has 100 valence electrons. The Morgan fingerprint density at radius 1 is 1.28 bits per heavy atom. The van der Waals surface area contributed by atoms with E-state index in [1.165, 1.54) is 32.1 Å². The Kier molecular flexibility index (Phi) is 4.45. The molecule has 0 amide bonds. The fraction of sp³-hybridized carbons (Fsp3) is 0.667. The van der Waals surface area contributed by atoms with Crippen LogP contribution in [0.5, 0.6) is 0 Å². The van der Waals surface area contributed by atoms with E-state index in [0.717, 1.165) is 35.4 Å². The number of hydrogen-bond acceptors (Lipinski definition) is 3. The van der Waals surface area contributed by atoms with Crippen LogP contribution in [0.1, 0.15) is 44.6 Å². The molecule has 3 heteroatoms. The predicted molar refractivity (Wildman–Crippen MR) is 77.6 cm³/mol.